The molecule has 0 radical (unpaired) electrons. The van der Waals surface area contributed by atoms with E-state index in [9.17, 15) is 14.9 Å². The molecule has 0 heterocycles. The van der Waals surface area contributed by atoms with Crippen molar-refractivity contribution >= 4 is 23.6 Å². The van der Waals surface area contributed by atoms with Crippen LogP contribution in [0.25, 0.3) is 6.08 Å². The highest BCUT2D eigenvalue weighted by Crippen LogP contribution is 2.30. The van der Waals surface area contributed by atoms with E-state index in [1.807, 2.05) is 44.2 Å². The molecule has 0 bridgehead atoms. The lowest BCUT2D eigenvalue weighted by molar-refractivity contribution is -0.112. The van der Waals surface area contributed by atoms with Gasteiger partial charge in [-0.15, -0.1) is 0 Å². The second kappa shape index (κ2) is 12.1. The maximum atomic E-state index is 12.8. The molecule has 0 saturated heterocycles. The normalized spacial score (nSPS) is 10.7. The lowest BCUT2D eigenvalue weighted by Crippen LogP contribution is -2.16. The van der Waals surface area contributed by atoms with Gasteiger partial charge in [0.1, 0.15) is 18.2 Å². The first-order valence-electron chi connectivity index (χ1n) is 11.0. The molecule has 0 saturated carbocycles. The Morgan fingerprint density at radius 3 is 2.43 bits per heavy atom. The number of esters is 1. The minimum absolute atomic E-state index is 0.138. The number of anilines is 1. The molecule has 3 aromatic rings. The van der Waals surface area contributed by atoms with Crippen LogP contribution in [0.3, 0.4) is 0 Å². The van der Waals surface area contributed by atoms with E-state index in [1.165, 1.54) is 24.8 Å². The number of nitrogens with zero attached hydrogens (tertiary/aromatic N) is 1. The molecule has 0 aromatic heterocycles. The number of rotatable bonds is 9. The zero-order valence-electron chi connectivity index (χ0n) is 19.8. The van der Waals surface area contributed by atoms with E-state index >= 15 is 0 Å². The van der Waals surface area contributed by atoms with E-state index < -0.39 is 11.9 Å². The van der Waals surface area contributed by atoms with Crippen LogP contribution < -0.4 is 14.8 Å². The van der Waals surface area contributed by atoms with Crippen molar-refractivity contribution < 1.29 is 23.8 Å². The zero-order chi connectivity index (χ0) is 25.2. The van der Waals surface area contributed by atoms with E-state index in [-0.39, 0.29) is 16.8 Å². The molecule has 35 heavy (non-hydrogen) atoms. The number of aryl methyl sites for hydroxylation is 1. The van der Waals surface area contributed by atoms with Gasteiger partial charge in [-0.3, -0.25) is 4.79 Å². The maximum Gasteiger partial charge on any atom is 0.339 e. The fraction of sp³-hybridized carbons (Fsp3) is 0.179. The third-order valence-corrected chi connectivity index (χ3v) is 5.04. The van der Waals surface area contributed by atoms with Crippen LogP contribution in [0.4, 0.5) is 5.69 Å². The van der Waals surface area contributed by atoms with Gasteiger partial charge in [0.05, 0.1) is 25.0 Å². The van der Waals surface area contributed by atoms with Crippen molar-refractivity contribution in [1.29, 1.82) is 5.26 Å². The van der Waals surface area contributed by atoms with Gasteiger partial charge in [0.2, 0.25) is 0 Å². The highest BCUT2D eigenvalue weighted by Gasteiger charge is 2.16. The number of carbonyl (C=O) groups excluding carboxylic acids is 2. The Hall–Kier alpha value is -4.57. The van der Waals surface area contributed by atoms with E-state index in [1.54, 1.807) is 36.4 Å². The van der Waals surface area contributed by atoms with Gasteiger partial charge < -0.3 is 19.5 Å². The largest absolute Gasteiger partial charge is 0.490 e. The summed E-state index contributed by atoms with van der Waals surface area (Å²) < 4.78 is 16.4. The molecule has 3 rings (SSSR count). The second-order valence-corrected chi connectivity index (χ2v) is 7.57. The number of hydrogen-bond acceptors (Lipinski definition) is 6. The Morgan fingerprint density at radius 2 is 1.74 bits per heavy atom. The van der Waals surface area contributed by atoms with Gasteiger partial charge in [-0.25, -0.2) is 4.79 Å². The summed E-state index contributed by atoms with van der Waals surface area (Å²) in [7, 11) is 1.26. The average Bonchev–Trinajstić information content (AvgIpc) is 2.87. The third-order valence-electron chi connectivity index (χ3n) is 5.04. The van der Waals surface area contributed by atoms with Gasteiger partial charge >= 0.3 is 5.97 Å². The number of nitriles is 1. The van der Waals surface area contributed by atoms with Crippen LogP contribution in [0.5, 0.6) is 11.5 Å². The van der Waals surface area contributed by atoms with E-state index in [0.717, 1.165) is 5.56 Å². The molecule has 0 aliphatic rings. The Morgan fingerprint density at radius 1 is 1.00 bits per heavy atom. The number of para-hydroxylation sites is 1. The van der Waals surface area contributed by atoms with Crippen LogP contribution in [0.15, 0.2) is 72.3 Å². The predicted molar refractivity (Wildman–Crippen MR) is 133 cm³/mol. The van der Waals surface area contributed by atoms with Crippen molar-refractivity contribution in [3.8, 4) is 17.6 Å². The Bertz CT molecular complexity index is 1270. The predicted octanol–water partition coefficient (Wildman–Crippen LogP) is 5.31. The lowest BCUT2D eigenvalue weighted by atomic mass is 10.1. The van der Waals surface area contributed by atoms with Crippen molar-refractivity contribution in [3.63, 3.8) is 0 Å². The molecule has 7 nitrogen and oxygen atoms in total. The molecular formula is C28H26N2O5. The molecule has 0 aliphatic heterocycles. The van der Waals surface area contributed by atoms with Gasteiger partial charge in [-0.1, -0.05) is 48.0 Å². The summed E-state index contributed by atoms with van der Waals surface area (Å²) >= 11 is 0. The number of benzene rings is 3. The fourth-order valence-electron chi connectivity index (χ4n) is 3.23. The number of ether oxygens (including phenoxy) is 3. The topological polar surface area (TPSA) is 97.7 Å². The van der Waals surface area contributed by atoms with Crippen molar-refractivity contribution in [1.82, 2.24) is 0 Å². The number of hydrogen-bond donors (Lipinski definition) is 1. The SMILES string of the molecule is CCOc1cc(/C=C(/C#N)C(=O)Nc2ccccc2C(=O)OC)ccc1OCc1ccc(C)cc1. The van der Waals surface area contributed by atoms with Gasteiger partial charge in [-0.2, -0.15) is 5.26 Å². The number of methoxy groups -OCH3 is 1. The van der Waals surface area contributed by atoms with Crippen LogP contribution in [0, 0.1) is 18.3 Å². The highest BCUT2D eigenvalue weighted by molar-refractivity contribution is 6.12. The molecule has 0 fully saturated rings. The summed E-state index contributed by atoms with van der Waals surface area (Å²) in [6.45, 7) is 4.68. The van der Waals surface area contributed by atoms with E-state index in [2.05, 4.69) is 5.32 Å². The van der Waals surface area contributed by atoms with Gasteiger partial charge in [0.25, 0.3) is 5.91 Å². The maximum absolute atomic E-state index is 12.8. The summed E-state index contributed by atoms with van der Waals surface area (Å²) in [6.07, 6.45) is 1.45. The summed E-state index contributed by atoms with van der Waals surface area (Å²) in [5.74, 6) is -0.186. The first-order chi connectivity index (χ1) is 16.9. The highest BCUT2D eigenvalue weighted by atomic mass is 16.5. The molecular weight excluding hydrogens is 444 g/mol. The van der Waals surface area contributed by atoms with Crippen molar-refractivity contribution in [2.45, 2.75) is 20.5 Å². The molecule has 0 spiro atoms. The molecule has 7 heteroatoms. The summed E-state index contributed by atoms with van der Waals surface area (Å²) in [5, 5.41) is 12.2. The molecule has 0 unspecified atom stereocenters. The zero-order valence-corrected chi connectivity index (χ0v) is 19.8. The number of amides is 1. The van der Waals surface area contributed by atoms with Crippen LogP contribution >= 0.6 is 0 Å². The van der Waals surface area contributed by atoms with Crippen LogP contribution in [0.1, 0.15) is 34.0 Å². The molecule has 1 amide bonds. The number of nitrogens with one attached hydrogen (secondary N) is 1. The van der Waals surface area contributed by atoms with E-state index in [0.29, 0.717) is 30.3 Å². The lowest BCUT2D eigenvalue weighted by Gasteiger charge is -2.13. The Kier molecular flexibility index (Phi) is 8.63. The van der Waals surface area contributed by atoms with Gasteiger partial charge in [0, 0.05) is 0 Å². The minimum atomic E-state index is -0.651. The Labute approximate surface area is 204 Å². The summed E-state index contributed by atoms with van der Waals surface area (Å²) in [4.78, 5) is 24.7. The smallest absolute Gasteiger partial charge is 0.339 e. The molecule has 0 aliphatic carbocycles. The summed E-state index contributed by atoms with van der Waals surface area (Å²) in [5.41, 5.74) is 3.09. The monoisotopic (exact) mass is 470 g/mol. The van der Waals surface area contributed by atoms with Crippen LogP contribution in [-0.4, -0.2) is 25.6 Å². The minimum Gasteiger partial charge on any atom is -0.490 e. The van der Waals surface area contributed by atoms with Crippen LogP contribution in [-0.2, 0) is 16.1 Å². The third kappa shape index (κ3) is 6.71. The number of carbonyl (C=O) groups is 2. The first kappa shape index (κ1) is 25.1. The van der Waals surface area contributed by atoms with E-state index in [4.69, 9.17) is 14.2 Å². The van der Waals surface area contributed by atoms with Crippen LogP contribution in [0.2, 0.25) is 0 Å². The van der Waals surface area contributed by atoms with Gasteiger partial charge in [0.15, 0.2) is 11.5 Å². The fourth-order valence-corrected chi connectivity index (χ4v) is 3.23. The summed E-state index contributed by atoms with van der Waals surface area (Å²) in [6, 6.07) is 21.6. The first-order valence-corrected chi connectivity index (χ1v) is 11.0. The van der Waals surface area contributed by atoms with Crippen molar-refractivity contribution in [3.05, 3.63) is 94.6 Å². The van der Waals surface area contributed by atoms with Gasteiger partial charge in [-0.05, 0) is 55.3 Å². The average molecular weight is 471 g/mol. The Balaban J connectivity index is 1.80. The second-order valence-electron chi connectivity index (χ2n) is 7.57. The molecule has 178 valence electrons. The molecule has 0 atom stereocenters. The van der Waals surface area contributed by atoms with Crippen molar-refractivity contribution in [2.75, 3.05) is 19.0 Å². The molecule has 1 N–H and O–H groups in total. The quantitative estimate of drug-likeness (QED) is 0.259. The van der Waals surface area contributed by atoms with Crippen molar-refractivity contribution in [2.24, 2.45) is 0 Å². The standard InChI is InChI=1S/C28H26N2O5/c1-4-34-26-16-21(13-14-25(26)35-18-20-11-9-19(2)10-12-20)15-22(17-29)27(31)30-24-8-6-5-7-23(24)28(32)33-3/h5-16H,4,18H2,1-3H3,(H,30,31)/b22-15-. The molecule has 3 aromatic carbocycles.